The van der Waals surface area contributed by atoms with Gasteiger partial charge in [0.2, 0.25) is 0 Å². The van der Waals surface area contributed by atoms with E-state index in [4.69, 9.17) is 0 Å². The molecule has 23 heavy (non-hydrogen) atoms. The number of fused-ring (bicyclic) bond motifs is 1. The topological polar surface area (TPSA) is 39.1 Å². The third-order valence-corrected chi connectivity index (χ3v) is 4.05. The maximum absolute atomic E-state index is 13.0. The Bertz CT molecular complexity index is 937. The molecule has 116 valence electrons. The lowest BCUT2D eigenvalue weighted by Gasteiger charge is -2.19. The van der Waals surface area contributed by atoms with Crippen LogP contribution in [0.15, 0.2) is 59.4 Å². The molecule has 0 unspecified atom stereocenters. The summed E-state index contributed by atoms with van der Waals surface area (Å²) in [6.45, 7) is 5.38. The van der Waals surface area contributed by atoms with E-state index in [9.17, 15) is 9.59 Å². The monoisotopic (exact) mass is 305 g/mol. The van der Waals surface area contributed by atoms with Crippen molar-refractivity contribution in [3.05, 3.63) is 70.5 Å². The quantitative estimate of drug-likeness (QED) is 0.670. The van der Waals surface area contributed by atoms with E-state index in [0.29, 0.717) is 0 Å². The van der Waals surface area contributed by atoms with Gasteiger partial charge in [0.25, 0.3) is 5.56 Å². The van der Waals surface area contributed by atoms with E-state index in [1.807, 2.05) is 68.4 Å². The van der Waals surface area contributed by atoms with Crippen LogP contribution in [0, 0.1) is 0 Å². The molecule has 0 amide bonds. The Kier molecular flexibility index (Phi) is 3.87. The molecule has 0 spiro atoms. The molecule has 3 nitrogen and oxygen atoms in total. The standard InChI is InChI=1S/C20H19NO2/c1-13(2)21-17-12-8-7-11-16(17)19(15-9-5-4-6-10-15)18(14(3)22)20(21)23/h4-13H,1-3H3. The highest BCUT2D eigenvalue weighted by atomic mass is 16.1. The molecule has 0 saturated carbocycles. The molecule has 1 aromatic heterocycles. The number of aromatic nitrogens is 1. The number of para-hydroxylation sites is 1. The second-order valence-corrected chi connectivity index (χ2v) is 5.96. The van der Waals surface area contributed by atoms with Crippen molar-refractivity contribution in [3.63, 3.8) is 0 Å². The van der Waals surface area contributed by atoms with Crippen molar-refractivity contribution >= 4 is 16.7 Å². The third-order valence-electron chi connectivity index (χ3n) is 4.05. The van der Waals surface area contributed by atoms with Gasteiger partial charge in [0, 0.05) is 17.0 Å². The van der Waals surface area contributed by atoms with E-state index in [2.05, 4.69) is 0 Å². The van der Waals surface area contributed by atoms with Crippen molar-refractivity contribution < 1.29 is 4.79 Å². The fourth-order valence-electron chi connectivity index (χ4n) is 3.11. The average molecular weight is 305 g/mol. The maximum atomic E-state index is 13.0. The van der Waals surface area contributed by atoms with E-state index >= 15 is 0 Å². The SMILES string of the molecule is CC(=O)c1c(-c2ccccc2)c2ccccc2n(C(C)C)c1=O. The molecule has 0 aliphatic heterocycles. The third kappa shape index (κ3) is 2.48. The number of Topliss-reactive ketones (excluding diaryl/α,β-unsaturated/α-hetero) is 1. The second-order valence-electron chi connectivity index (χ2n) is 5.96. The average Bonchev–Trinajstić information content (AvgIpc) is 2.53. The van der Waals surface area contributed by atoms with E-state index in [0.717, 1.165) is 22.0 Å². The summed E-state index contributed by atoms with van der Waals surface area (Å²) in [7, 11) is 0. The predicted octanol–water partition coefficient (Wildman–Crippen LogP) is 4.45. The summed E-state index contributed by atoms with van der Waals surface area (Å²) in [5, 5.41) is 0.928. The molecule has 0 aliphatic rings. The number of carbonyl (C=O) groups is 1. The number of ketones is 1. The molecule has 2 aromatic carbocycles. The van der Waals surface area contributed by atoms with Crippen LogP contribution in [0.4, 0.5) is 0 Å². The Labute approximate surface area is 135 Å². The van der Waals surface area contributed by atoms with Crippen LogP contribution in [-0.2, 0) is 0 Å². The highest BCUT2D eigenvalue weighted by Crippen LogP contribution is 2.31. The molecule has 0 bridgehead atoms. The lowest BCUT2D eigenvalue weighted by Crippen LogP contribution is -2.28. The van der Waals surface area contributed by atoms with E-state index in [1.54, 1.807) is 4.57 Å². The number of hydrogen-bond donors (Lipinski definition) is 0. The van der Waals surface area contributed by atoms with Crippen molar-refractivity contribution in [1.29, 1.82) is 0 Å². The van der Waals surface area contributed by atoms with Crippen LogP contribution in [0.3, 0.4) is 0 Å². The Hall–Kier alpha value is -2.68. The summed E-state index contributed by atoms with van der Waals surface area (Å²) < 4.78 is 1.71. The van der Waals surface area contributed by atoms with Gasteiger partial charge in [-0.2, -0.15) is 0 Å². The molecule has 0 radical (unpaired) electrons. The van der Waals surface area contributed by atoms with E-state index < -0.39 is 0 Å². The zero-order valence-electron chi connectivity index (χ0n) is 13.5. The number of hydrogen-bond acceptors (Lipinski definition) is 2. The molecule has 0 atom stereocenters. The molecule has 3 aromatic rings. The largest absolute Gasteiger partial charge is 0.305 e. The summed E-state index contributed by atoms with van der Waals surface area (Å²) in [6.07, 6.45) is 0. The van der Waals surface area contributed by atoms with Crippen molar-refractivity contribution in [3.8, 4) is 11.1 Å². The first-order valence-electron chi connectivity index (χ1n) is 7.76. The van der Waals surface area contributed by atoms with Crippen LogP contribution in [-0.4, -0.2) is 10.4 Å². The molecule has 0 saturated heterocycles. The predicted molar refractivity (Wildman–Crippen MR) is 94.0 cm³/mol. The van der Waals surface area contributed by atoms with Gasteiger partial charge in [-0.3, -0.25) is 9.59 Å². The van der Waals surface area contributed by atoms with Gasteiger partial charge in [-0.25, -0.2) is 0 Å². The lowest BCUT2D eigenvalue weighted by atomic mass is 9.94. The molecule has 0 aliphatic carbocycles. The summed E-state index contributed by atoms with van der Waals surface area (Å²) in [5.41, 5.74) is 2.53. The van der Waals surface area contributed by atoms with Gasteiger partial charge < -0.3 is 4.57 Å². The van der Waals surface area contributed by atoms with Gasteiger partial charge in [0.1, 0.15) is 0 Å². The number of benzene rings is 2. The minimum atomic E-state index is -0.218. The number of pyridine rings is 1. The summed E-state index contributed by atoms with van der Waals surface area (Å²) in [5.74, 6) is -0.200. The fourth-order valence-corrected chi connectivity index (χ4v) is 3.11. The van der Waals surface area contributed by atoms with Gasteiger partial charge in [-0.05, 0) is 32.4 Å². The number of nitrogens with zero attached hydrogens (tertiary/aromatic N) is 1. The van der Waals surface area contributed by atoms with Gasteiger partial charge >= 0.3 is 0 Å². The molecule has 1 heterocycles. The minimum Gasteiger partial charge on any atom is -0.305 e. The van der Waals surface area contributed by atoms with Crippen LogP contribution in [0.25, 0.3) is 22.0 Å². The fraction of sp³-hybridized carbons (Fsp3) is 0.200. The Morgan fingerprint density at radius 3 is 2.17 bits per heavy atom. The molecule has 3 rings (SSSR count). The highest BCUT2D eigenvalue weighted by molar-refractivity contribution is 6.08. The lowest BCUT2D eigenvalue weighted by molar-refractivity contribution is 0.101. The van der Waals surface area contributed by atoms with Gasteiger partial charge in [-0.1, -0.05) is 48.5 Å². The zero-order valence-corrected chi connectivity index (χ0v) is 13.5. The van der Waals surface area contributed by atoms with Crippen molar-refractivity contribution in [2.24, 2.45) is 0 Å². The van der Waals surface area contributed by atoms with Crippen LogP contribution in [0.2, 0.25) is 0 Å². The van der Waals surface area contributed by atoms with Crippen LogP contribution < -0.4 is 5.56 Å². The number of rotatable bonds is 3. The van der Waals surface area contributed by atoms with Crippen molar-refractivity contribution in [2.45, 2.75) is 26.8 Å². The van der Waals surface area contributed by atoms with Crippen LogP contribution in [0.5, 0.6) is 0 Å². The normalized spacial score (nSPS) is 11.1. The molecular formula is C20H19NO2. The van der Waals surface area contributed by atoms with Gasteiger partial charge in [0.05, 0.1) is 11.1 Å². The first kappa shape index (κ1) is 15.2. The molecule has 3 heteroatoms. The van der Waals surface area contributed by atoms with Crippen LogP contribution in [0.1, 0.15) is 37.2 Å². The summed E-state index contributed by atoms with van der Waals surface area (Å²) in [6, 6.07) is 17.4. The number of carbonyl (C=O) groups excluding carboxylic acids is 1. The van der Waals surface area contributed by atoms with Gasteiger partial charge in [0.15, 0.2) is 5.78 Å². The Morgan fingerprint density at radius 1 is 0.957 bits per heavy atom. The van der Waals surface area contributed by atoms with Gasteiger partial charge in [-0.15, -0.1) is 0 Å². The first-order valence-corrected chi connectivity index (χ1v) is 7.76. The van der Waals surface area contributed by atoms with E-state index in [-0.39, 0.29) is 22.9 Å². The van der Waals surface area contributed by atoms with Crippen molar-refractivity contribution in [1.82, 2.24) is 4.57 Å². The van der Waals surface area contributed by atoms with Crippen LogP contribution >= 0.6 is 0 Å². The minimum absolute atomic E-state index is 0.0182. The highest BCUT2D eigenvalue weighted by Gasteiger charge is 2.21. The Morgan fingerprint density at radius 2 is 1.57 bits per heavy atom. The molecule has 0 fully saturated rings. The summed E-state index contributed by atoms with van der Waals surface area (Å²) in [4.78, 5) is 25.3. The first-order chi connectivity index (χ1) is 11.0. The summed E-state index contributed by atoms with van der Waals surface area (Å²) >= 11 is 0. The maximum Gasteiger partial charge on any atom is 0.262 e. The molecular weight excluding hydrogens is 286 g/mol. The zero-order chi connectivity index (χ0) is 16.6. The second kappa shape index (κ2) is 5.84. The Balaban J connectivity index is 2.58. The van der Waals surface area contributed by atoms with Crippen molar-refractivity contribution in [2.75, 3.05) is 0 Å². The van der Waals surface area contributed by atoms with E-state index in [1.165, 1.54) is 6.92 Å². The smallest absolute Gasteiger partial charge is 0.262 e. The molecule has 0 N–H and O–H groups in total.